The Balaban J connectivity index is 2.44. The van der Waals surface area contributed by atoms with E-state index < -0.39 is 0 Å². The van der Waals surface area contributed by atoms with Crippen molar-refractivity contribution in [1.29, 1.82) is 0 Å². The molecule has 1 unspecified atom stereocenters. The second kappa shape index (κ2) is 6.17. The van der Waals surface area contributed by atoms with Crippen LogP contribution in [0.2, 0.25) is 0 Å². The van der Waals surface area contributed by atoms with E-state index in [1.54, 1.807) is 6.20 Å². The van der Waals surface area contributed by atoms with E-state index >= 15 is 0 Å². The summed E-state index contributed by atoms with van der Waals surface area (Å²) in [4.78, 5) is 0. The molecule has 0 aliphatic heterocycles. The van der Waals surface area contributed by atoms with Crippen molar-refractivity contribution < 1.29 is 0 Å². The Kier molecular flexibility index (Phi) is 4.73. The molecule has 4 heteroatoms. The van der Waals surface area contributed by atoms with Crippen LogP contribution < -0.4 is 5.32 Å². The second-order valence-corrected chi connectivity index (χ2v) is 3.10. The number of aromatic nitrogens is 3. The van der Waals surface area contributed by atoms with E-state index in [4.69, 9.17) is 6.42 Å². The van der Waals surface area contributed by atoms with Gasteiger partial charge in [-0.1, -0.05) is 6.92 Å². The highest BCUT2D eigenvalue weighted by Crippen LogP contribution is 2.15. The Labute approximate surface area is 84.5 Å². The summed E-state index contributed by atoms with van der Waals surface area (Å²) < 4.78 is 0. The average molecular weight is 192 g/mol. The van der Waals surface area contributed by atoms with Crippen LogP contribution in [0, 0.1) is 12.3 Å². The van der Waals surface area contributed by atoms with Crippen LogP contribution in [0.1, 0.15) is 37.9 Å². The highest BCUT2D eigenvalue weighted by Gasteiger charge is 2.11. The molecule has 2 N–H and O–H groups in total. The molecule has 0 aromatic carbocycles. The summed E-state index contributed by atoms with van der Waals surface area (Å²) in [6.07, 6.45) is 9.79. The summed E-state index contributed by atoms with van der Waals surface area (Å²) in [7, 11) is 0. The fourth-order valence-corrected chi connectivity index (χ4v) is 1.39. The molecule has 1 heterocycles. The van der Waals surface area contributed by atoms with Crippen LogP contribution in [-0.2, 0) is 0 Å². The molecular formula is C10H16N4. The zero-order chi connectivity index (χ0) is 10.2. The molecular weight excluding hydrogens is 176 g/mol. The van der Waals surface area contributed by atoms with Crippen LogP contribution in [0.4, 0.5) is 0 Å². The van der Waals surface area contributed by atoms with E-state index in [0.29, 0.717) is 0 Å². The minimum atomic E-state index is 0.270. The molecule has 0 spiro atoms. The first kappa shape index (κ1) is 10.7. The van der Waals surface area contributed by atoms with Crippen LogP contribution >= 0.6 is 0 Å². The van der Waals surface area contributed by atoms with Gasteiger partial charge in [0.15, 0.2) is 0 Å². The maximum Gasteiger partial charge on any atom is 0.0993 e. The zero-order valence-electron chi connectivity index (χ0n) is 8.45. The topological polar surface area (TPSA) is 53.6 Å². The summed E-state index contributed by atoms with van der Waals surface area (Å²) in [6.45, 7) is 3.00. The summed E-state index contributed by atoms with van der Waals surface area (Å²) in [5.74, 6) is 2.64. The van der Waals surface area contributed by atoms with Crippen molar-refractivity contribution in [3.8, 4) is 12.3 Å². The van der Waals surface area contributed by atoms with E-state index in [0.717, 1.165) is 31.5 Å². The minimum Gasteiger partial charge on any atom is -0.309 e. The zero-order valence-corrected chi connectivity index (χ0v) is 8.45. The van der Waals surface area contributed by atoms with Crippen LogP contribution in [-0.4, -0.2) is 22.0 Å². The molecule has 0 aliphatic carbocycles. The number of aromatic amines is 1. The van der Waals surface area contributed by atoms with E-state index in [9.17, 15) is 0 Å². The smallest absolute Gasteiger partial charge is 0.0993 e. The van der Waals surface area contributed by atoms with Crippen LogP contribution in [0.5, 0.6) is 0 Å². The SMILES string of the molecule is C#CCCCC(NCC)c1cn[nH]n1. The largest absolute Gasteiger partial charge is 0.309 e. The first-order valence-electron chi connectivity index (χ1n) is 4.91. The summed E-state index contributed by atoms with van der Waals surface area (Å²) in [6, 6.07) is 0.270. The molecule has 1 atom stereocenters. The van der Waals surface area contributed by atoms with Crippen molar-refractivity contribution >= 4 is 0 Å². The molecule has 76 valence electrons. The van der Waals surface area contributed by atoms with Crippen molar-refractivity contribution in [3.63, 3.8) is 0 Å². The van der Waals surface area contributed by atoms with E-state index in [1.807, 2.05) is 0 Å². The lowest BCUT2D eigenvalue weighted by molar-refractivity contribution is 0.490. The number of rotatable bonds is 6. The number of unbranched alkanes of at least 4 members (excludes halogenated alkanes) is 1. The van der Waals surface area contributed by atoms with Gasteiger partial charge in [-0.15, -0.1) is 12.3 Å². The normalized spacial score (nSPS) is 12.3. The third-order valence-electron chi connectivity index (χ3n) is 2.06. The van der Waals surface area contributed by atoms with Gasteiger partial charge in [-0.3, -0.25) is 0 Å². The van der Waals surface area contributed by atoms with Gasteiger partial charge in [0.1, 0.15) is 0 Å². The van der Waals surface area contributed by atoms with E-state index in [-0.39, 0.29) is 6.04 Å². The quantitative estimate of drug-likeness (QED) is 0.527. The molecule has 1 aromatic rings. The van der Waals surface area contributed by atoms with Gasteiger partial charge in [0.25, 0.3) is 0 Å². The molecule has 0 saturated carbocycles. The Hall–Kier alpha value is -1.34. The van der Waals surface area contributed by atoms with Crippen molar-refractivity contribution in [2.75, 3.05) is 6.54 Å². The fraction of sp³-hybridized carbons (Fsp3) is 0.600. The summed E-state index contributed by atoms with van der Waals surface area (Å²) >= 11 is 0. The highest BCUT2D eigenvalue weighted by atomic mass is 15.3. The lowest BCUT2D eigenvalue weighted by atomic mass is 10.1. The Morgan fingerprint density at radius 2 is 2.57 bits per heavy atom. The van der Waals surface area contributed by atoms with Gasteiger partial charge in [-0.05, 0) is 19.4 Å². The van der Waals surface area contributed by atoms with Crippen molar-refractivity contribution in [3.05, 3.63) is 11.9 Å². The van der Waals surface area contributed by atoms with Crippen molar-refractivity contribution in [2.45, 2.75) is 32.2 Å². The fourth-order valence-electron chi connectivity index (χ4n) is 1.39. The number of nitrogens with one attached hydrogen (secondary N) is 2. The molecule has 1 aromatic heterocycles. The Morgan fingerprint density at radius 1 is 1.71 bits per heavy atom. The van der Waals surface area contributed by atoms with Gasteiger partial charge in [-0.25, -0.2) is 0 Å². The number of hydrogen-bond donors (Lipinski definition) is 2. The molecule has 0 bridgehead atoms. The van der Waals surface area contributed by atoms with Gasteiger partial charge < -0.3 is 5.32 Å². The number of H-pyrrole nitrogens is 1. The molecule has 0 fully saturated rings. The van der Waals surface area contributed by atoms with Crippen molar-refractivity contribution in [1.82, 2.24) is 20.7 Å². The average Bonchev–Trinajstić information content (AvgIpc) is 2.70. The molecule has 0 radical (unpaired) electrons. The first-order valence-corrected chi connectivity index (χ1v) is 4.91. The Morgan fingerprint density at radius 3 is 3.14 bits per heavy atom. The second-order valence-electron chi connectivity index (χ2n) is 3.10. The monoisotopic (exact) mass is 192 g/mol. The van der Waals surface area contributed by atoms with Gasteiger partial charge in [0.05, 0.1) is 17.9 Å². The maximum absolute atomic E-state index is 5.20. The molecule has 4 nitrogen and oxygen atoms in total. The predicted molar refractivity (Wildman–Crippen MR) is 55.5 cm³/mol. The minimum absolute atomic E-state index is 0.270. The first-order chi connectivity index (χ1) is 6.88. The Bertz CT molecular complexity index is 273. The molecule has 0 saturated heterocycles. The van der Waals surface area contributed by atoms with Crippen LogP contribution in [0.25, 0.3) is 0 Å². The van der Waals surface area contributed by atoms with E-state index in [2.05, 4.69) is 33.6 Å². The third kappa shape index (κ3) is 3.19. The lowest BCUT2D eigenvalue weighted by Crippen LogP contribution is -2.21. The molecule has 1 rings (SSSR count). The third-order valence-corrected chi connectivity index (χ3v) is 2.06. The summed E-state index contributed by atoms with van der Waals surface area (Å²) in [5.41, 5.74) is 0.962. The van der Waals surface area contributed by atoms with E-state index in [1.165, 1.54) is 0 Å². The van der Waals surface area contributed by atoms with Crippen LogP contribution in [0.15, 0.2) is 6.20 Å². The molecule has 14 heavy (non-hydrogen) atoms. The van der Waals surface area contributed by atoms with Crippen molar-refractivity contribution in [2.24, 2.45) is 0 Å². The molecule has 0 aliphatic rings. The van der Waals surface area contributed by atoms with Gasteiger partial charge in [0, 0.05) is 6.42 Å². The molecule has 0 amide bonds. The van der Waals surface area contributed by atoms with Gasteiger partial charge in [0.2, 0.25) is 0 Å². The standard InChI is InChI=1S/C10H16N4/c1-3-5-6-7-9(11-4-2)10-8-12-14-13-10/h1,8-9,11H,4-7H2,2H3,(H,12,13,14). The summed E-state index contributed by atoms with van der Waals surface area (Å²) in [5, 5.41) is 13.8. The van der Waals surface area contributed by atoms with Gasteiger partial charge >= 0.3 is 0 Å². The van der Waals surface area contributed by atoms with Crippen LogP contribution in [0.3, 0.4) is 0 Å². The highest BCUT2D eigenvalue weighted by molar-refractivity contribution is 4.99. The number of terminal acetylenes is 1. The predicted octanol–water partition coefficient (Wildman–Crippen LogP) is 1.26. The maximum atomic E-state index is 5.20. The number of nitrogens with zero attached hydrogens (tertiary/aromatic N) is 2. The van der Waals surface area contributed by atoms with Gasteiger partial charge in [-0.2, -0.15) is 15.4 Å². The lowest BCUT2D eigenvalue weighted by Gasteiger charge is -2.13. The number of hydrogen-bond acceptors (Lipinski definition) is 3.